The quantitative estimate of drug-likeness (QED) is 0.840. The van der Waals surface area contributed by atoms with E-state index in [2.05, 4.69) is 5.32 Å². The highest BCUT2D eigenvalue weighted by molar-refractivity contribution is 7.89. The van der Waals surface area contributed by atoms with Crippen LogP contribution in [0.3, 0.4) is 0 Å². The molecule has 1 heterocycles. The minimum Gasteiger partial charge on any atom is -0.348 e. The van der Waals surface area contributed by atoms with Gasteiger partial charge in [0, 0.05) is 24.7 Å². The lowest BCUT2D eigenvalue weighted by Gasteiger charge is -2.32. The first-order chi connectivity index (χ1) is 13.4. The Balaban J connectivity index is 1.66. The molecular weight excluding hydrogens is 374 g/mol. The minimum absolute atomic E-state index is 0.00542. The van der Waals surface area contributed by atoms with Crippen molar-refractivity contribution < 1.29 is 13.2 Å². The van der Waals surface area contributed by atoms with Crippen molar-refractivity contribution >= 4 is 15.9 Å². The molecule has 0 aromatic heterocycles. The van der Waals surface area contributed by atoms with E-state index in [0.717, 1.165) is 24.8 Å². The molecule has 0 spiro atoms. The zero-order chi connectivity index (χ0) is 20.1. The maximum Gasteiger partial charge on any atom is 0.251 e. The molecule has 2 aromatic rings. The fraction of sp³-hybridized carbons (Fsp3) is 0.333. The smallest absolute Gasteiger partial charge is 0.251 e. The first kappa shape index (κ1) is 20.1. The van der Waals surface area contributed by atoms with Crippen molar-refractivity contribution in [2.75, 3.05) is 6.54 Å². The molecule has 1 N–H and O–H groups in total. The number of nitrogens with one attached hydrogen (secondary N) is 1. The van der Waals surface area contributed by atoms with Crippen molar-refractivity contribution in [3.05, 3.63) is 65.2 Å². The molecule has 7 heteroatoms. The lowest BCUT2D eigenvalue weighted by Crippen LogP contribution is -2.41. The number of sulfonamides is 1. The lowest BCUT2D eigenvalue weighted by atomic mass is 10.1. The van der Waals surface area contributed by atoms with Crippen molar-refractivity contribution in [2.24, 2.45) is 0 Å². The van der Waals surface area contributed by atoms with Crippen LogP contribution in [0.4, 0.5) is 0 Å². The monoisotopic (exact) mass is 397 g/mol. The number of carbonyl (C=O) groups is 1. The normalized spacial score (nSPS) is 17.6. The molecular formula is C21H23N3O3S. The largest absolute Gasteiger partial charge is 0.348 e. The van der Waals surface area contributed by atoms with Gasteiger partial charge in [0.1, 0.15) is 0 Å². The fourth-order valence-corrected chi connectivity index (χ4v) is 5.02. The Morgan fingerprint density at radius 1 is 1.14 bits per heavy atom. The Kier molecular flexibility index (Phi) is 6.12. The topological polar surface area (TPSA) is 90.3 Å². The molecule has 28 heavy (non-hydrogen) atoms. The van der Waals surface area contributed by atoms with Crippen LogP contribution >= 0.6 is 0 Å². The van der Waals surface area contributed by atoms with Crippen LogP contribution in [0.2, 0.25) is 0 Å². The second kappa shape index (κ2) is 8.55. The van der Waals surface area contributed by atoms with E-state index in [0.29, 0.717) is 24.2 Å². The van der Waals surface area contributed by atoms with Crippen molar-refractivity contribution in [1.82, 2.24) is 9.62 Å². The van der Waals surface area contributed by atoms with Gasteiger partial charge in [0.2, 0.25) is 10.0 Å². The van der Waals surface area contributed by atoms with Crippen molar-refractivity contribution in [3.8, 4) is 6.07 Å². The van der Waals surface area contributed by atoms with Crippen LogP contribution in [0.5, 0.6) is 0 Å². The first-order valence-electron chi connectivity index (χ1n) is 9.31. The zero-order valence-corrected chi connectivity index (χ0v) is 16.6. The van der Waals surface area contributed by atoms with Crippen molar-refractivity contribution in [1.29, 1.82) is 5.26 Å². The minimum atomic E-state index is -3.54. The van der Waals surface area contributed by atoms with Crippen molar-refractivity contribution in [3.63, 3.8) is 0 Å². The number of nitriles is 1. The third kappa shape index (κ3) is 4.41. The maximum absolute atomic E-state index is 12.8. The number of hydrogen-bond donors (Lipinski definition) is 1. The van der Waals surface area contributed by atoms with Gasteiger partial charge >= 0.3 is 0 Å². The Morgan fingerprint density at radius 2 is 1.82 bits per heavy atom. The van der Waals surface area contributed by atoms with Crippen LogP contribution in [0, 0.1) is 11.3 Å². The van der Waals surface area contributed by atoms with Gasteiger partial charge in [-0.3, -0.25) is 4.79 Å². The predicted octanol–water partition coefficient (Wildman–Crippen LogP) is 3.05. The molecule has 1 unspecified atom stereocenters. The summed E-state index contributed by atoms with van der Waals surface area (Å²) in [5.41, 5.74) is 1.85. The van der Waals surface area contributed by atoms with Crippen LogP contribution in [0.15, 0.2) is 53.4 Å². The Hall–Kier alpha value is -2.69. The van der Waals surface area contributed by atoms with E-state index >= 15 is 0 Å². The molecule has 1 atom stereocenters. The predicted molar refractivity (Wildman–Crippen MR) is 106 cm³/mol. The molecule has 146 valence electrons. The molecule has 2 aromatic carbocycles. The number of amides is 1. The van der Waals surface area contributed by atoms with Gasteiger partial charge < -0.3 is 5.32 Å². The number of piperidine rings is 1. The molecule has 1 fully saturated rings. The van der Waals surface area contributed by atoms with Crippen LogP contribution in [0.1, 0.15) is 47.7 Å². The maximum atomic E-state index is 12.8. The third-order valence-corrected chi connectivity index (χ3v) is 7.03. The molecule has 0 bridgehead atoms. The zero-order valence-electron chi connectivity index (χ0n) is 15.8. The Labute approximate surface area is 165 Å². The number of nitrogens with zero attached hydrogens (tertiary/aromatic N) is 2. The molecule has 6 nitrogen and oxygen atoms in total. The molecule has 0 aliphatic carbocycles. The summed E-state index contributed by atoms with van der Waals surface area (Å²) in [5, 5.41) is 11.6. The average molecular weight is 398 g/mol. The van der Waals surface area contributed by atoms with Crippen LogP contribution in [-0.4, -0.2) is 31.2 Å². The van der Waals surface area contributed by atoms with Crippen molar-refractivity contribution in [2.45, 2.75) is 43.7 Å². The molecule has 1 saturated heterocycles. The van der Waals surface area contributed by atoms with Crippen LogP contribution in [0.25, 0.3) is 0 Å². The van der Waals surface area contributed by atoms with Gasteiger partial charge in [0.05, 0.1) is 16.5 Å². The van der Waals surface area contributed by atoms with Gasteiger partial charge in [-0.05, 0) is 61.7 Å². The summed E-state index contributed by atoms with van der Waals surface area (Å²) in [6.45, 7) is 2.80. The number of carbonyl (C=O) groups excluding carboxylic acids is 1. The molecule has 1 amide bonds. The van der Waals surface area contributed by atoms with Gasteiger partial charge in [0.15, 0.2) is 0 Å². The third-order valence-electron chi connectivity index (χ3n) is 5.00. The summed E-state index contributed by atoms with van der Waals surface area (Å²) >= 11 is 0. The van der Waals surface area contributed by atoms with Gasteiger partial charge in [-0.25, -0.2) is 8.42 Å². The second-order valence-corrected chi connectivity index (χ2v) is 8.87. The summed E-state index contributed by atoms with van der Waals surface area (Å²) in [7, 11) is -3.54. The highest BCUT2D eigenvalue weighted by Gasteiger charge is 2.30. The first-order valence-corrected chi connectivity index (χ1v) is 10.7. The summed E-state index contributed by atoms with van der Waals surface area (Å²) in [6, 6.07) is 15.1. The fourth-order valence-electron chi connectivity index (χ4n) is 3.32. The van der Waals surface area contributed by atoms with E-state index in [9.17, 15) is 13.2 Å². The SMILES string of the molecule is CC1CCCCN1S(=O)(=O)c1ccc(C(=O)NCc2ccc(C#N)cc2)cc1. The highest BCUT2D eigenvalue weighted by atomic mass is 32.2. The molecule has 1 aliphatic heterocycles. The summed E-state index contributed by atoms with van der Waals surface area (Å²) < 4.78 is 27.2. The number of rotatable bonds is 5. The summed E-state index contributed by atoms with van der Waals surface area (Å²) in [6.07, 6.45) is 2.79. The van der Waals surface area contributed by atoms with Crippen LogP contribution in [-0.2, 0) is 16.6 Å². The van der Waals surface area contributed by atoms with Gasteiger partial charge in [0.25, 0.3) is 5.91 Å². The number of hydrogen-bond acceptors (Lipinski definition) is 4. The van der Waals surface area contributed by atoms with E-state index < -0.39 is 10.0 Å². The number of benzene rings is 2. The standard InChI is InChI=1S/C21H23N3O3S/c1-16-4-2-3-13-24(16)28(26,27)20-11-9-19(10-12-20)21(25)23-15-18-7-5-17(14-22)6-8-18/h5-12,16H,2-4,13,15H2,1H3,(H,23,25). The second-order valence-electron chi connectivity index (χ2n) is 6.98. The van der Waals surface area contributed by atoms with E-state index in [-0.39, 0.29) is 16.8 Å². The van der Waals surface area contributed by atoms with Gasteiger partial charge in [-0.1, -0.05) is 18.6 Å². The Bertz CT molecular complexity index is 977. The highest BCUT2D eigenvalue weighted by Crippen LogP contribution is 2.25. The molecule has 1 aliphatic rings. The van der Waals surface area contributed by atoms with Gasteiger partial charge in [-0.15, -0.1) is 0 Å². The molecule has 0 saturated carbocycles. The molecule has 3 rings (SSSR count). The van der Waals surface area contributed by atoms with E-state index in [1.54, 1.807) is 28.6 Å². The van der Waals surface area contributed by atoms with E-state index in [1.165, 1.54) is 24.3 Å². The van der Waals surface area contributed by atoms with Gasteiger partial charge in [-0.2, -0.15) is 9.57 Å². The summed E-state index contributed by atoms with van der Waals surface area (Å²) in [5.74, 6) is -0.278. The average Bonchev–Trinajstić information content (AvgIpc) is 2.72. The lowest BCUT2D eigenvalue weighted by molar-refractivity contribution is 0.0951. The van der Waals surface area contributed by atoms with Crippen LogP contribution < -0.4 is 5.32 Å². The molecule has 0 radical (unpaired) electrons. The summed E-state index contributed by atoms with van der Waals surface area (Å²) in [4.78, 5) is 12.5. The van der Waals surface area contributed by atoms with E-state index in [4.69, 9.17) is 5.26 Å². The Morgan fingerprint density at radius 3 is 2.43 bits per heavy atom. The van der Waals surface area contributed by atoms with E-state index in [1.807, 2.05) is 13.0 Å².